The molecule has 28 heavy (non-hydrogen) atoms. The first-order valence-corrected chi connectivity index (χ1v) is 8.84. The molecule has 0 aliphatic rings. The molecule has 0 radical (unpaired) electrons. The van der Waals surface area contributed by atoms with Crippen molar-refractivity contribution in [1.29, 1.82) is 0 Å². The Morgan fingerprint density at radius 2 is 1.71 bits per heavy atom. The lowest BCUT2D eigenvalue weighted by Crippen LogP contribution is -2.03. The summed E-state index contributed by atoms with van der Waals surface area (Å²) in [6.45, 7) is 3.80. The maximum Gasteiger partial charge on any atom is 0.205 e. The summed E-state index contributed by atoms with van der Waals surface area (Å²) in [5.74, 6) is 1.18. The average Bonchev–Trinajstić information content (AvgIpc) is 3.25. The highest BCUT2D eigenvalue weighted by atomic mass is 16.5. The Morgan fingerprint density at radius 3 is 2.39 bits per heavy atom. The number of hydrogen-bond donors (Lipinski definition) is 2. The minimum absolute atomic E-state index is 0.515. The first-order valence-electron chi connectivity index (χ1n) is 8.84. The third kappa shape index (κ3) is 2.96. The monoisotopic (exact) mass is 372 g/mol. The van der Waals surface area contributed by atoms with Gasteiger partial charge in [0.15, 0.2) is 0 Å². The number of H-pyrrole nitrogens is 1. The van der Waals surface area contributed by atoms with E-state index in [-0.39, 0.29) is 0 Å². The largest absolute Gasteiger partial charge is 0.494 e. The van der Waals surface area contributed by atoms with Crippen molar-refractivity contribution < 1.29 is 4.74 Å². The molecule has 4 aromatic rings. The number of pyridine rings is 1. The minimum atomic E-state index is 0.515. The zero-order valence-corrected chi connectivity index (χ0v) is 15.9. The number of ether oxygens (including phenoxy) is 1. The van der Waals surface area contributed by atoms with Crippen molar-refractivity contribution in [3.05, 3.63) is 59.9 Å². The quantitative estimate of drug-likeness (QED) is 0.565. The first-order chi connectivity index (χ1) is 13.6. The molecule has 140 valence electrons. The number of nitrogens with two attached hydrogens (primary N) is 1. The number of anilines is 1. The molecule has 0 saturated heterocycles. The molecular formula is C21H20N6O. The third-order valence-corrected chi connectivity index (χ3v) is 4.73. The predicted molar refractivity (Wildman–Crippen MR) is 109 cm³/mol. The van der Waals surface area contributed by atoms with E-state index in [4.69, 9.17) is 10.5 Å². The van der Waals surface area contributed by atoms with Gasteiger partial charge in [0, 0.05) is 5.56 Å². The van der Waals surface area contributed by atoms with Crippen LogP contribution in [-0.2, 0) is 0 Å². The molecule has 0 aliphatic carbocycles. The summed E-state index contributed by atoms with van der Waals surface area (Å²) in [4.78, 5) is 4.48. The van der Waals surface area contributed by atoms with Crippen molar-refractivity contribution >= 4 is 5.69 Å². The molecule has 0 spiro atoms. The Labute approximate surface area is 162 Å². The Kier molecular flexibility index (Phi) is 4.49. The third-order valence-electron chi connectivity index (χ3n) is 4.73. The van der Waals surface area contributed by atoms with Gasteiger partial charge in [0.1, 0.15) is 5.75 Å². The van der Waals surface area contributed by atoms with Crippen LogP contribution in [0.3, 0.4) is 0 Å². The summed E-state index contributed by atoms with van der Waals surface area (Å²) in [6.07, 6.45) is 0. The van der Waals surface area contributed by atoms with E-state index >= 15 is 0 Å². The van der Waals surface area contributed by atoms with Gasteiger partial charge in [0.2, 0.25) is 5.82 Å². The minimum Gasteiger partial charge on any atom is -0.494 e. The second-order valence-electron chi connectivity index (χ2n) is 6.47. The van der Waals surface area contributed by atoms with Gasteiger partial charge >= 0.3 is 0 Å². The highest BCUT2D eigenvalue weighted by Gasteiger charge is 2.19. The Hall–Kier alpha value is -3.74. The molecule has 0 saturated carbocycles. The number of methoxy groups -OCH3 is 1. The molecule has 7 heteroatoms. The summed E-state index contributed by atoms with van der Waals surface area (Å²) >= 11 is 0. The molecule has 0 amide bonds. The second kappa shape index (κ2) is 7.11. The summed E-state index contributed by atoms with van der Waals surface area (Å²) in [5, 5.41) is 14.6. The van der Waals surface area contributed by atoms with Crippen LogP contribution < -0.4 is 10.5 Å². The van der Waals surface area contributed by atoms with Gasteiger partial charge in [-0.1, -0.05) is 42.5 Å². The topological polar surface area (TPSA) is 103 Å². The van der Waals surface area contributed by atoms with E-state index < -0.39 is 0 Å². The molecule has 2 aromatic carbocycles. The van der Waals surface area contributed by atoms with E-state index in [1.807, 2.05) is 62.4 Å². The molecule has 0 unspecified atom stereocenters. The van der Waals surface area contributed by atoms with E-state index in [1.165, 1.54) is 0 Å². The van der Waals surface area contributed by atoms with Crippen molar-refractivity contribution in [1.82, 2.24) is 25.6 Å². The van der Waals surface area contributed by atoms with Crippen LogP contribution in [0.5, 0.6) is 5.75 Å². The van der Waals surface area contributed by atoms with Crippen molar-refractivity contribution in [3.8, 4) is 39.4 Å². The number of hydrogen-bond acceptors (Lipinski definition) is 6. The maximum absolute atomic E-state index is 6.39. The zero-order valence-electron chi connectivity index (χ0n) is 15.9. The van der Waals surface area contributed by atoms with Gasteiger partial charge in [0.25, 0.3) is 0 Å². The van der Waals surface area contributed by atoms with Gasteiger partial charge in [-0.2, -0.15) is 5.21 Å². The maximum atomic E-state index is 6.39. The Balaban J connectivity index is 1.99. The highest BCUT2D eigenvalue weighted by molar-refractivity contribution is 5.90. The van der Waals surface area contributed by atoms with Crippen LogP contribution >= 0.6 is 0 Å². The molecule has 0 atom stereocenters. The van der Waals surface area contributed by atoms with Crippen LogP contribution in [0, 0.1) is 13.8 Å². The van der Waals surface area contributed by atoms with Crippen LogP contribution in [0.2, 0.25) is 0 Å². The molecule has 3 N–H and O–H groups in total. The number of nitrogens with one attached hydrogen (secondary N) is 1. The standard InChI is InChI=1S/C21H20N6O/c1-12-19(22)18(20(28-3)13(2)23-12)15-9-10-16(14-7-5-4-6-8-14)17(11-15)21-24-26-27-25-21/h4-11H,22H2,1-3H3,(H,24,25,26,27). The van der Waals surface area contributed by atoms with Crippen LogP contribution in [0.1, 0.15) is 11.4 Å². The van der Waals surface area contributed by atoms with Crippen molar-refractivity contribution in [2.24, 2.45) is 0 Å². The number of aryl methyl sites for hydroxylation is 2. The van der Waals surface area contributed by atoms with Gasteiger partial charge in [-0.3, -0.25) is 4.98 Å². The molecule has 0 aliphatic heterocycles. The smallest absolute Gasteiger partial charge is 0.205 e. The molecule has 0 fully saturated rings. The lowest BCUT2D eigenvalue weighted by Gasteiger charge is -2.17. The lowest BCUT2D eigenvalue weighted by molar-refractivity contribution is 0.411. The van der Waals surface area contributed by atoms with Gasteiger partial charge in [-0.15, -0.1) is 10.2 Å². The number of nitrogen functional groups attached to an aromatic ring is 1. The number of aromatic nitrogens is 5. The van der Waals surface area contributed by atoms with Crippen LogP contribution in [0.15, 0.2) is 48.5 Å². The number of rotatable bonds is 4. The fourth-order valence-corrected chi connectivity index (χ4v) is 3.41. The fraction of sp³-hybridized carbons (Fsp3) is 0.143. The van der Waals surface area contributed by atoms with Gasteiger partial charge in [-0.05, 0) is 41.8 Å². The first kappa shape index (κ1) is 17.7. The molecule has 4 rings (SSSR count). The van der Waals surface area contributed by atoms with Gasteiger partial charge in [-0.25, -0.2) is 0 Å². The van der Waals surface area contributed by atoms with E-state index in [1.54, 1.807) is 7.11 Å². The normalized spacial score (nSPS) is 10.8. The lowest BCUT2D eigenvalue weighted by atomic mass is 9.93. The van der Waals surface area contributed by atoms with E-state index in [0.717, 1.165) is 39.2 Å². The van der Waals surface area contributed by atoms with Crippen molar-refractivity contribution in [3.63, 3.8) is 0 Å². The summed E-state index contributed by atoms with van der Waals surface area (Å²) in [5.41, 5.74) is 13.2. The van der Waals surface area contributed by atoms with Gasteiger partial charge in [0.05, 0.1) is 29.7 Å². The van der Waals surface area contributed by atoms with Crippen LogP contribution in [0.4, 0.5) is 5.69 Å². The number of benzene rings is 2. The van der Waals surface area contributed by atoms with E-state index in [2.05, 4.69) is 25.6 Å². The Morgan fingerprint density at radius 1 is 0.929 bits per heavy atom. The molecule has 7 nitrogen and oxygen atoms in total. The zero-order chi connectivity index (χ0) is 19.7. The highest BCUT2D eigenvalue weighted by Crippen LogP contribution is 2.41. The average molecular weight is 372 g/mol. The van der Waals surface area contributed by atoms with Gasteiger partial charge < -0.3 is 10.5 Å². The summed E-state index contributed by atoms with van der Waals surface area (Å²) in [7, 11) is 1.63. The number of aromatic amines is 1. The molecule has 0 bridgehead atoms. The van der Waals surface area contributed by atoms with E-state index in [9.17, 15) is 0 Å². The molecular weight excluding hydrogens is 352 g/mol. The van der Waals surface area contributed by atoms with Crippen molar-refractivity contribution in [2.45, 2.75) is 13.8 Å². The van der Waals surface area contributed by atoms with Crippen LogP contribution in [-0.4, -0.2) is 32.7 Å². The fourth-order valence-electron chi connectivity index (χ4n) is 3.41. The van der Waals surface area contributed by atoms with E-state index in [0.29, 0.717) is 17.3 Å². The summed E-state index contributed by atoms with van der Waals surface area (Å²) in [6, 6.07) is 16.2. The summed E-state index contributed by atoms with van der Waals surface area (Å²) < 4.78 is 5.62. The SMILES string of the molecule is COc1c(C)nc(C)c(N)c1-c1ccc(-c2ccccc2)c(-c2nn[nH]n2)c1. The van der Waals surface area contributed by atoms with Crippen molar-refractivity contribution in [2.75, 3.05) is 12.8 Å². The predicted octanol–water partition coefficient (Wildman–Crippen LogP) is 3.80. The second-order valence-corrected chi connectivity index (χ2v) is 6.47. The number of nitrogens with zero attached hydrogens (tertiary/aromatic N) is 4. The number of tetrazole rings is 1. The molecule has 2 heterocycles. The van der Waals surface area contributed by atoms with Crippen LogP contribution in [0.25, 0.3) is 33.6 Å². The Bertz CT molecular complexity index is 1120. The molecule has 2 aromatic heterocycles.